The molecule has 12 heteroatoms. The molecule has 1 saturated heterocycles. The van der Waals surface area contributed by atoms with Crippen molar-refractivity contribution in [3.63, 3.8) is 0 Å². The summed E-state index contributed by atoms with van der Waals surface area (Å²) in [6.07, 6.45) is 4.97. The second kappa shape index (κ2) is 11.0. The zero-order valence-electron chi connectivity index (χ0n) is 23.4. The number of nitrogens with two attached hydrogens (primary N) is 1. The molecule has 1 fully saturated rings. The van der Waals surface area contributed by atoms with Crippen LogP contribution < -0.4 is 21.3 Å². The Morgan fingerprint density at radius 1 is 1.17 bits per heavy atom. The van der Waals surface area contributed by atoms with Gasteiger partial charge in [-0.2, -0.15) is 9.61 Å². The molecule has 1 aliphatic heterocycles. The predicted molar refractivity (Wildman–Crippen MR) is 153 cm³/mol. The minimum Gasteiger partial charge on any atom is -0.386 e. The minimum absolute atomic E-state index is 0.0725. The van der Waals surface area contributed by atoms with Crippen molar-refractivity contribution in [3.05, 3.63) is 66.1 Å². The Balaban J connectivity index is 1.44. The fourth-order valence-corrected chi connectivity index (χ4v) is 5.33. The van der Waals surface area contributed by atoms with Crippen LogP contribution in [-0.4, -0.2) is 56.3 Å². The average Bonchev–Trinajstić information content (AvgIpc) is 3.29. The molecule has 5 rings (SSSR count). The molecule has 3 aromatic heterocycles. The van der Waals surface area contributed by atoms with Crippen molar-refractivity contribution >= 4 is 28.7 Å². The number of piperidine rings is 1. The zero-order valence-corrected chi connectivity index (χ0v) is 23.4. The van der Waals surface area contributed by atoms with Gasteiger partial charge in [0.05, 0.1) is 46.1 Å². The molecule has 216 valence electrons. The molecule has 0 unspecified atom stereocenters. The summed E-state index contributed by atoms with van der Waals surface area (Å²) in [6, 6.07) is 7.16. The molecule has 5 N–H and O–H groups in total. The van der Waals surface area contributed by atoms with Crippen molar-refractivity contribution in [1.82, 2.24) is 24.9 Å². The van der Waals surface area contributed by atoms with Gasteiger partial charge in [0.1, 0.15) is 11.6 Å². The lowest BCUT2D eigenvalue weighted by Gasteiger charge is -2.42. The maximum Gasteiger partial charge on any atom is 0.229 e. The van der Waals surface area contributed by atoms with E-state index in [-0.39, 0.29) is 40.6 Å². The standard InChI is InChI=1S/C29H34F2N8O2/c1-16-14-38(15-23(32)20(16)12-34-17(2)40)26-7-8-33-13-25(26)36-28-35-11-19-5-6-24(37-39(19)28)27-21(30)9-18(10-22(27)31)29(3,4)41/h5-11,13,16,20,23,41H,12,14-15,32H2,1-4H3,(H,34,40)(H,35,36)/t16-,20-,23+/m0/s1. The van der Waals surface area contributed by atoms with Gasteiger partial charge in [-0.15, -0.1) is 0 Å². The third-order valence-electron chi connectivity index (χ3n) is 7.58. The van der Waals surface area contributed by atoms with Crippen LogP contribution in [0.2, 0.25) is 0 Å². The number of imidazole rings is 1. The van der Waals surface area contributed by atoms with Gasteiger partial charge in [0.25, 0.3) is 0 Å². The van der Waals surface area contributed by atoms with Crippen LogP contribution in [-0.2, 0) is 10.4 Å². The van der Waals surface area contributed by atoms with Gasteiger partial charge in [0.2, 0.25) is 11.9 Å². The van der Waals surface area contributed by atoms with Crippen LogP contribution in [0.4, 0.5) is 26.1 Å². The highest BCUT2D eigenvalue weighted by Gasteiger charge is 2.33. The van der Waals surface area contributed by atoms with E-state index in [4.69, 9.17) is 5.73 Å². The van der Waals surface area contributed by atoms with Gasteiger partial charge in [0.15, 0.2) is 0 Å². The highest BCUT2D eigenvalue weighted by molar-refractivity contribution is 5.74. The summed E-state index contributed by atoms with van der Waals surface area (Å²) in [5.41, 5.74) is 7.19. The molecule has 1 amide bonds. The highest BCUT2D eigenvalue weighted by Crippen LogP contribution is 2.34. The van der Waals surface area contributed by atoms with Crippen LogP contribution in [0, 0.1) is 23.5 Å². The van der Waals surface area contributed by atoms with Crippen molar-refractivity contribution in [1.29, 1.82) is 0 Å². The number of benzene rings is 1. The summed E-state index contributed by atoms with van der Waals surface area (Å²) in [5.74, 6) is -1.03. The normalized spacial score (nSPS) is 19.4. The second-order valence-electron chi connectivity index (χ2n) is 11.2. The summed E-state index contributed by atoms with van der Waals surface area (Å²) in [6.45, 7) is 8.37. The Morgan fingerprint density at radius 2 is 1.90 bits per heavy atom. The van der Waals surface area contributed by atoms with E-state index in [9.17, 15) is 9.90 Å². The summed E-state index contributed by atoms with van der Waals surface area (Å²) in [7, 11) is 0. The van der Waals surface area contributed by atoms with E-state index < -0.39 is 17.2 Å². The Kier molecular flexibility index (Phi) is 7.62. The molecule has 0 spiro atoms. The van der Waals surface area contributed by atoms with E-state index in [0.717, 1.165) is 24.4 Å². The summed E-state index contributed by atoms with van der Waals surface area (Å²) < 4.78 is 31.6. The van der Waals surface area contributed by atoms with Crippen LogP contribution in [0.1, 0.15) is 33.3 Å². The number of anilines is 3. The molecule has 10 nitrogen and oxygen atoms in total. The van der Waals surface area contributed by atoms with Gasteiger partial charge in [-0.05, 0) is 61.6 Å². The number of fused-ring (bicyclic) bond motifs is 1. The first-order chi connectivity index (χ1) is 19.4. The van der Waals surface area contributed by atoms with Gasteiger partial charge in [0, 0.05) is 38.8 Å². The third kappa shape index (κ3) is 5.84. The predicted octanol–water partition coefficient (Wildman–Crippen LogP) is 3.58. The van der Waals surface area contributed by atoms with Gasteiger partial charge in [-0.1, -0.05) is 6.92 Å². The molecule has 4 aromatic rings. The molecule has 1 aliphatic rings. The molecule has 0 radical (unpaired) electrons. The summed E-state index contributed by atoms with van der Waals surface area (Å²) in [5, 5.41) is 20.8. The number of aromatic nitrogens is 4. The van der Waals surface area contributed by atoms with Gasteiger partial charge in [-0.3, -0.25) is 9.78 Å². The monoisotopic (exact) mass is 564 g/mol. The van der Waals surface area contributed by atoms with Crippen LogP contribution in [0.3, 0.4) is 0 Å². The zero-order chi connectivity index (χ0) is 29.5. The van der Waals surface area contributed by atoms with Crippen molar-refractivity contribution in [2.45, 2.75) is 39.3 Å². The SMILES string of the molecule is CC(=O)NC[C@@H]1[C@H](N)CN(c2ccncc2Nc2ncc3ccc(-c4c(F)cc(C(C)(C)O)cc4F)nn23)C[C@@H]1C. The number of carbonyl (C=O) groups is 1. The number of hydrogen-bond donors (Lipinski definition) is 4. The van der Waals surface area contributed by atoms with E-state index in [0.29, 0.717) is 30.2 Å². The van der Waals surface area contributed by atoms with E-state index in [1.54, 1.807) is 24.7 Å². The molecule has 1 aromatic carbocycles. The molecule has 3 atom stereocenters. The van der Waals surface area contributed by atoms with Crippen LogP contribution in [0.25, 0.3) is 16.8 Å². The largest absolute Gasteiger partial charge is 0.386 e. The summed E-state index contributed by atoms with van der Waals surface area (Å²) >= 11 is 0. The molecule has 41 heavy (non-hydrogen) atoms. The van der Waals surface area contributed by atoms with Crippen molar-refractivity contribution in [2.24, 2.45) is 17.6 Å². The Labute approximate surface area is 236 Å². The van der Waals surface area contributed by atoms with Crippen molar-refractivity contribution in [2.75, 3.05) is 29.9 Å². The van der Waals surface area contributed by atoms with E-state index in [1.165, 1.54) is 31.4 Å². The average molecular weight is 565 g/mol. The lowest BCUT2D eigenvalue weighted by atomic mass is 9.83. The number of rotatable bonds is 7. The molecular formula is C29H34F2N8O2. The maximum absolute atomic E-state index is 15.1. The quantitative estimate of drug-likeness (QED) is 0.268. The number of hydrogen-bond acceptors (Lipinski definition) is 8. The molecule has 0 saturated carbocycles. The smallest absolute Gasteiger partial charge is 0.229 e. The van der Waals surface area contributed by atoms with E-state index >= 15 is 8.78 Å². The Morgan fingerprint density at radius 3 is 2.56 bits per heavy atom. The number of aliphatic hydroxyl groups is 1. The third-order valence-corrected chi connectivity index (χ3v) is 7.58. The molecule has 4 heterocycles. The number of nitrogens with zero attached hydrogens (tertiary/aromatic N) is 5. The first kappa shape index (κ1) is 28.4. The Hall–Kier alpha value is -4.16. The number of halogens is 2. The van der Waals surface area contributed by atoms with Crippen LogP contribution in [0.15, 0.2) is 48.9 Å². The van der Waals surface area contributed by atoms with Gasteiger partial charge < -0.3 is 26.4 Å². The Bertz CT molecular complexity index is 1550. The maximum atomic E-state index is 15.1. The number of nitrogens with one attached hydrogen (secondary N) is 2. The van der Waals surface area contributed by atoms with E-state index in [2.05, 4.69) is 37.5 Å². The number of amides is 1. The fourth-order valence-electron chi connectivity index (χ4n) is 5.33. The highest BCUT2D eigenvalue weighted by atomic mass is 19.1. The molecule has 0 bridgehead atoms. The lowest BCUT2D eigenvalue weighted by Crippen LogP contribution is -2.55. The van der Waals surface area contributed by atoms with Crippen LogP contribution >= 0.6 is 0 Å². The van der Waals surface area contributed by atoms with Crippen LogP contribution in [0.5, 0.6) is 0 Å². The summed E-state index contributed by atoms with van der Waals surface area (Å²) in [4.78, 5) is 22.3. The lowest BCUT2D eigenvalue weighted by molar-refractivity contribution is -0.119. The first-order valence-corrected chi connectivity index (χ1v) is 13.5. The molecular weight excluding hydrogens is 530 g/mol. The first-order valence-electron chi connectivity index (χ1n) is 13.5. The fraction of sp³-hybridized carbons (Fsp3) is 0.379. The van der Waals surface area contributed by atoms with Crippen molar-refractivity contribution < 1.29 is 18.7 Å². The van der Waals surface area contributed by atoms with Gasteiger partial charge in [-0.25, -0.2) is 13.8 Å². The second-order valence-corrected chi connectivity index (χ2v) is 11.2. The number of carbonyl (C=O) groups excluding carboxylic acids is 1. The number of pyridine rings is 1. The van der Waals surface area contributed by atoms with E-state index in [1.807, 2.05) is 6.07 Å². The van der Waals surface area contributed by atoms with Gasteiger partial charge >= 0.3 is 0 Å². The minimum atomic E-state index is -1.40. The van der Waals surface area contributed by atoms with Crippen molar-refractivity contribution in [3.8, 4) is 11.3 Å². The molecule has 0 aliphatic carbocycles. The topological polar surface area (TPSA) is 134 Å².